The highest BCUT2D eigenvalue weighted by Gasteiger charge is 2.05. The lowest BCUT2D eigenvalue weighted by Gasteiger charge is -2.15. The van der Waals surface area contributed by atoms with Crippen molar-refractivity contribution in [2.45, 2.75) is 32.6 Å². The number of rotatable bonds is 1. The Morgan fingerprint density at radius 2 is 1.73 bits per heavy atom. The summed E-state index contributed by atoms with van der Waals surface area (Å²) in [5.41, 5.74) is 0. The highest BCUT2D eigenvalue weighted by atomic mass is 15.1. The molecule has 1 aliphatic heterocycles. The molecule has 1 heteroatoms. The van der Waals surface area contributed by atoms with Gasteiger partial charge in [-0.1, -0.05) is 18.8 Å². The smallest absolute Gasteiger partial charge is 0.0601 e. The first-order valence-electron chi connectivity index (χ1n) is 4.55. The molecule has 1 nitrogen and oxygen atoms in total. The zero-order valence-corrected chi connectivity index (χ0v) is 7.40. The van der Waals surface area contributed by atoms with E-state index in [1.165, 1.54) is 38.8 Å². The molecule has 0 unspecified atom stereocenters. The van der Waals surface area contributed by atoms with Gasteiger partial charge in [-0.25, -0.2) is 0 Å². The SMILES string of the molecule is CC#CCN1CCCCCC1. The zero-order valence-electron chi connectivity index (χ0n) is 7.40. The molecule has 0 saturated carbocycles. The van der Waals surface area contributed by atoms with Crippen LogP contribution in [0.4, 0.5) is 0 Å². The number of likely N-dealkylation sites (tertiary alicyclic amines) is 1. The maximum Gasteiger partial charge on any atom is 0.0601 e. The molecule has 0 bridgehead atoms. The van der Waals surface area contributed by atoms with Gasteiger partial charge in [-0.05, 0) is 32.9 Å². The van der Waals surface area contributed by atoms with E-state index >= 15 is 0 Å². The van der Waals surface area contributed by atoms with Crippen LogP contribution in [-0.4, -0.2) is 24.5 Å². The second-order valence-corrected chi connectivity index (χ2v) is 3.12. The van der Waals surface area contributed by atoms with E-state index in [2.05, 4.69) is 16.7 Å². The molecule has 0 atom stereocenters. The summed E-state index contributed by atoms with van der Waals surface area (Å²) in [7, 11) is 0. The molecule has 0 N–H and O–H groups in total. The van der Waals surface area contributed by atoms with Crippen molar-refractivity contribution in [2.24, 2.45) is 0 Å². The molecule has 1 aliphatic rings. The molecular weight excluding hydrogens is 134 g/mol. The van der Waals surface area contributed by atoms with Crippen molar-refractivity contribution in [3.8, 4) is 11.8 Å². The third-order valence-corrected chi connectivity index (χ3v) is 2.18. The lowest BCUT2D eigenvalue weighted by atomic mass is 10.2. The van der Waals surface area contributed by atoms with Crippen molar-refractivity contribution in [1.82, 2.24) is 4.90 Å². The van der Waals surface area contributed by atoms with Crippen LogP contribution in [0.2, 0.25) is 0 Å². The molecule has 0 aromatic carbocycles. The van der Waals surface area contributed by atoms with E-state index in [0.717, 1.165) is 6.54 Å². The Morgan fingerprint density at radius 3 is 2.27 bits per heavy atom. The minimum absolute atomic E-state index is 0.983. The monoisotopic (exact) mass is 151 g/mol. The van der Waals surface area contributed by atoms with Crippen LogP contribution in [-0.2, 0) is 0 Å². The van der Waals surface area contributed by atoms with E-state index < -0.39 is 0 Å². The fourth-order valence-corrected chi connectivity index (χ4v) is 1.49. The van der Waals surface area contributed by atoms with Crippen molar-refractivity contribution < 1.29 is 0 Å². The van der Waals surface area contributed by atoms with Crippen LogP contribution in [0.5, 0.6) is 0 Å². The average Bonchev–Trinajstić information content (AvgIpc) is 2.28. The molecule has 0 radical (unpaired) electrons. The Bertz CT molecular complexity index is 144. The average molecular weight is 151 g/mol. The molecule has 0 amide bonds. The summed E-state index contributed by atoms with van der Waals surface area (Å²) in [5.74, 6) is 6.07. The fraction of sp³-hybridized carbons (Fsp3) is 0.800. The van der Waals surface area contributed by atoms with Crippen LogP contribution in [0.1, 0.15) is 32.6 Å². The minimum atomic E-state index is 0.983. The van der Waals surface area contributed by atoms with Crippen molar-refractivity contribution >= 4 is 0 Å². The van der Waals surface area contributed by atoms with Gasteiger partial charge in [0.25, 0.3) is 0 Å². The summed E-state index contributed by atoms with van der Waals surface area (Å²) < 4.78 is 0. The molecular formula is C10H17N. The largest absolute Gasteiger partial charge is 0.292 e. The van der Waals surface area contributed by atoms with Gasteiger partial charge in [0.2, 0.25) is 0 Å². The van der Waals surface area contributed by atoms with Gasteiger partial charge in [-0.15, -0.1) is 5.92 Å². The Balaban J connectivity index is 2.23. The maximum atomic E-state index is 3.12. The van der Waals surface area contributed by atoms with Crippen molar-refractivity contribution in [3.05, 3.63) is 0 Å². The topological polar surface area (TPSA) is 3.24 Å². The molecule has 1 fully saturated rings. The van der Waals surface area contributed by atoms with Crippen LogP contribution in [0, 0.1) is 11.8 Å². The van der Waals surface area contributed by atoms with Gasteiger partial charge in [0, 0.05) is 0 Å². The molecule has 1 rings (SSSR count). The minimum Gasteiger partial charge on any atom is -0.292 e. The zero-order chi connectivity index (χ0) is 7.94. The van der Waals surface area contributed by atoms with Gasteiger partial charge in [0.15, 0.2) is 0 Å². The van der Waals surface area contributed by atoms with E-state index in [4.69, 9.17) is 0 Å². The lowest BCUT2D eigenvalue weighted by Crippen LogP contribution is -2.24. The molecule has 0 aliphatic carbocycles. The third kappa shape index (κ3) is 3.43. The summed E-state index contributed by atoms with van der Waals surface area (Å²) in [6, 6.07) is 0. The van der Waals surface area contributed by atoms with Crippen molar-refractivity contribution in [3.63, 3.8) is 0 Å². The third-order valence-electron chi connectivity index (χ3n) is 2.18. The van der Waals surface area contributed by atoms with Crippen LogP contribution in [0.3, 0.4) is 0 Å². The molecule has 0 aromatic rings. The molecule has 62 valence electrons. The Labute approximate surface area is 69.8 Å². The Morgan fingerprint density at radius 1 is 1.09 bits per heavy atom. The van der Waals surface area contributed by atoms with Gasteiger partial charge in [-0.2, -0.15) is 0 Å². The lowest BCUT2D eigenvalue weighted by molar-refractivity contribution is 0.320. The maximum absolute atomic E-state index is 3.12. The quantitative estimate of drug-likeness (QED) is 0.517. The Hall–Kier alpha value is -0.480. The molecule has 0 aromatic heterocycles. The second-order valence-electron chi connectivity index (χ2n) is 3.12. The van der Waals surface area contributed by atoms with Crippen LogP contribution < -0.4 is 0 Å². The number of hydrogen-bond donors (Lipinski definition) is 0. The molecule has 1 saturated heterocycles. The summed E-state index contributed by atoms with van der Waals surface area (Å²) in [6.45, 7) is 5.41. The van der Waals surface area contributed by atoms with Gasteiger partial charge in [0.1, 0.15) is 0 Å². The number of hydrogen-bond acceptors (Lipinski definition) is 1. The van der Waals surface area contributed by atoms with E-state index in [0.29, 0.717) is 0 Å². The van der Waals surface area contributed by atoms with E-state index in [1.807, 2.05) is 6.92 Å². The van der Waals surface area contributed by atoms with E-state index in [1.54, 1.807) is 0 Å². The Kier molecular flexibility index (Phi) is 4.08. The first kappa shape index (κ1) is 8.62. The van der Waals surface area contributed by atoms with Crippen LogP contribution >= 0.6 is 0 Å². The van der Waals surface area contributed by atoms with Gasteiger partial charge in [0.05, 0.1) is 6.54 Å². The fourth-order valence-electron chi connectivity index (χ4n) is 1.49. The number of nitrogens with zero attached hydrogens (tertiary/aromatic N) is 1. The van der Waals surface area contributed by atoms with Gasteiger partial charge in [-0.3, -0.25) is 4.90 Å². The predicted molar refractivity (Wildman–Crippen MR) is 48.4 cm³/mol. The van der Waals surface area contributed by atoms with Crippen LogP contribution in [0.15, 0.2) is 0 Å². The van der Waals surface area contributed by atoms with Gasteiger partial charge >= 0.3 is 0 Å². The first-order chi connectivity index (χ1) is 5.43. The summed E-state index contributed by atoms with van der Waals surface area (Å²) in [5, 5.41) is 0. The highest BCUT2D eigenvalue weighted by molar-refractivity contribution is 4.97. The molecule has 1 heterocycles. The van der Waals surface area contributed by atoms with Crippen molar-refractivity contribution in [2.75, 3.05) is 19.6 Å². The predicted octanol–water partition coefficient (Wildman–Crippen LogP) is 1.89. The van der Waals surface area contributed by atoms with E-state index in [-0.39, 0.29) is 0 Å². The highest BCUT2D eigenvalue weighted by Crippen LogP contribution is 2.08. The van der Waals surface area contributed by atoms with E-state index in [9.17, 15) is 0 Å². The second kappa shape index (κ2) is 5.21. The summed E-state index contributed by atoms with van der Waals surface area (Å²) in [6.07, 6.45) is 5.56. The first-order valence-corrected chi connectivity index (χ1v) is 4.55. The normalized spacial score (nSPS) is 20.1. The summed E-state index contributed by atoms with van der Waals surface area (Å²) >= 11 is 0. The molecule has 0 spiro atoms. The summed E-state index contributed by atoms with van der Waals surface area (Å²) in [4.78, 5) is 2.46. The van der Waals surface area contributed by atoms with Crippen LogP contribution in [0.25, 0.3) is 0 Å². The van der Waals surface area contributed by atoms with Crippen molar-refractivity contribution in [1.29, 1.82) is 0 Å². The molecule has 11 heavy (non-hydrogen) atoms. The standard InChI is InChI=1S/C10H17N/c1-2-3-8-11-9-6-4-5-7-10-11/h4-10H2,1H3. The van der Waals surface area contributed by atoms with Gasteiger partial charge < -0.3 is 0 Å².